The number of rotatable bonds is 4. The number of carbonyl (C=O) groups excluding carboxylic acids is 1. The van der Waals surface area contributed by atoms with Crippen molar-refractivity contribution in [3.8, 4) is 0 Å². The number of benzene rings is 1. The van der Waals surface area contributed by atoms with E-state index in [9.17, 15) is 4.79 Å². The highest BCUT2D eigenvalue weighted by Gasteiger charge is 2.16. The van der Waals surface area contributed by atoms with E-state index in [0.29, 0.717) is 5.69 Å². The minimum absolute atomic E-state index is 0.0894. The van der Waals surface area contributed by atoms with E-state index in [1.165, 1.54) is 31.2 Å². The van der Waals surface area contributed by atoms with E-state index in [4.69, 9.17) is 4.42 Å². The van der Waals surface area contributed by atoms with Crippen LogP contribution >= 0.6 is 0 Å². The molecule has 1 aromatic heterocycles. The molecule has 0 unspecified atom stereocenters. The first-order chi connectivity index (χ1) is 10.7. The molecule has 3 rings (SSSR count). The number of hydrogen-bond donors (Lipinski definition) is 1. The molecule has 5 heteroatoms. The lowest BCUT2D eigenvalue weighted by Gasteiger charge is -2.32. The number of hydrogen-bond acceptors (Lipinski definition) is 4. The molecule has 22 heavy (non-hydrogen) atoms. The largest absolute Gasteiger partial charge is 0.451 e. The third kappa shape index (κ3) is 3.67. The molecule has 0 atom stereocenters. The summed E-state index contributed by atoms with van der Waals surface area (Å²) in [7, 11) is 0. The number of carbonyl (C=O) groups is 1. The summed E-state index contributed by atoms with van der Waals surface area (Å²) in [5.74, 6) is 0.736. The van der Waals surface area contributed by atoms with Gasteiger partial charge >= 0.3 is 0 Å². The van der Waals surface area contributed by atoms with E-state index < -0.39 is 0 Å². The van der Waals surface area contributed by atoms with Gasteiger partial charge in [0.25, 0.3) is 0 Å². The van der Waals surface area contributed by atoms with Crippen molar-refractivity contribution in [2.75, 3.05) is 23.3 Å². The summed E-state index contributed by atoms with van der Waals surface area (Å²) in [4.78, 5) is 18.2. The fourth-order valence-electron chi connectivity index (χ4n) is 2.72. The zero-order valence-electron chi connectivity index (χ0n) is 12.8. The van der Waals surface area contributed by atoms with E-state index in [0.717, 1.165) is 24.7 Å². The number of oxazole rings is 1. The average molecular weight is 299 g/mol. The van der Waals surface area contributed by atoms with Gasteiger partial charge in [-0.1, -0.05) is 6.92 Å². The van der Waals surface area contributed by atoms with Crippen LogP contribution in [0.5, 0.6) is 0 Å². The molecule has 1 N–H and O–H groups in total. The molecular weight excluding hydrogens is 278 g/mol. The van der Waals surface area contributed by atoms with Crippen LogP contribution in [-0.2, 0) is 11.2 Å². The monoisotopic (exact) mass is 299 g/mol. The van der Waals surface area contributed by atoms with Crippen LogP contribution in [0.1, 0.15) is 25.5 Å². The number of piperidine rings is 1. The lowest BCUT2D eigenvalue weighted by atomic mass is 9.99. The molecule has 116 valence electrons. The SMILES string of the molecule is CC1CCN(c2ccc(NC(=O)Cc3cocn3)cc2)CC1. The first-order valence-electron chi connectivity index (χ1n) is 7.72. The first kappa shape index (κ1) is 14.6. The Bertz CT molecular complexity index is 599. The second-order valence-electron chi connectivity index (χ2n) is 5.92. The third-order valence-electron chi connectivity index (χ3n) is 4.12. The van der Waals surface area contributed by atoms with Crippen LogP contribution in [0.3, 0.4) is 0 Å². The van der Waals surface area contributed by atoms with Crippen molar-refractivity contribution >= 4 is 17.3 Å². The zero-order valence-corrected chi connectivity index (χ0v) is 12.8. The van der Waals surface area contributed by atoms with E-state index in [2.05, 4.69) is 34.3 Å². The molecule has 1 aliphatic rings. The van der Waals surface area contributed by atoms with Gasteiger partial charge in [-0.15, -0.1) is 0 Å². The Morgan fingerprint density at radius 3 is 2.68 bits per heavy atom. The predicted octanol–water partition coefficient (Wildman–Crippen LogP) is 3.09. The van der Waals surface area contributed by atoms with Crippen molar-refractivity contribution in [2.24, 2.45) is 5.92 Å². The lowest BCUT2D eigenvalue weighted by Crippen LogP contribution is -2.32. The van der Waals surface area contributed by atoms with Gasteiger partial charge in [0.15, 0.2) is 6.39 Å². The van der Waals surface area contributed by atoms with Crippen molar-refractivity contribution in [2.45, 2.75) is 26.2 Å². The third-order valence-corrected chi connectivity index (χ3v) is 4.12. The molecule has 1 aromatic carbocycles. The van der Waals surface area contributed by atoms with Gasteiger partial charge in [0.2, 0.25) is 5.91 Å². The predicted molar refractivity (Wildman–Crippen MR) is 85.9 cm³/mol. The number of nitrogens with zero attached hydrogens (tertiary/aromatic N) is 2. The minimum Gasteiger partial charge on any atom is -0.451 e. The van der Waals surface area contributed by atoms with E-state index in [1.807, 2.05) is 12.1 Å². The maximum Gasteiger partial charge on any atom is 0.230 e. The molecule has 1 saturated heterocycles. The molecule has 0 aliphatic carbocycles. The highest BCUT2D eigenvalue weighted by Crippen LogP contribution is 2.24. The van der Waals surface area contributed by atoms with E-state index >= 15 is 0 Å². The Hall–Kier alpha value is -2.30. The van der Waals surface area contributed by atoms with Crippen LogP contribution in [0.25, 0.3) is 0 Å². The van der Waals surface area contributed by atoms with Crippen LogP contribution < -0.4 is 10.2 Å². The Kier molecular flexibility index (Phi) is 4.42. The van der Waals surface area contributed by atoms with Crippen LogP contribution in [0.4, 0.5) is 11.4 Å². The average Bonchev–Trinajstić information content (AvgIpc) is 3.02. The summed E-state index contributed by atoms with van der Waals surface area (Å²) < 4.78 is 4.86. The Balaban J connectivity index is 1.56. The quantitative estimate of drug-likeness (QED) is 0.942. The smallest absolute Gasteiger partial charge is 0.230 e. The van der Waals surface area contributed by atoms with Crippen molar-refractivity contribution in [1.29, 1.82) is 0 Å². The first-order valence-corrected chi connectivity index (χ1v) is 7.72. The van der Waals surface area contributed by atoms with Crippen LogP contribution in [-0.4, -0.2) is 24.0 Å². The molecule has 5 nitrogen and oxygen atoms in total. The number of anilines is 2. The van der Waals surface area contributed by atoms with Crippen LogP contribution in [0.2, 0.25) is 0 Å². The van der Waals surface area contributed by atoms with Gasteiger partial charge in [-0.25, -0.2) is 4.98 Å². The highest BCUT2D eigenvalue weighted by molar-refractivity contribution is 5.92. The minimum atomic E-state index is -0.0894. The molecular formula is C17H21N3O2. The molecule has 2 aromatic rings. The molecule has 0 spiro atoms. The van der Waals surface area contributed by atoms with Gasteiger partial charge in [0.05, 0.1) is 12.1 Å². The molecule has 0 bridgehead atoms. The summed E-state index contributed by atoms with van der Waals surface area (Å²) in [6, 6.07) is 8.05. The summed E-state index contributed by atoms with van der Waals surface area (Å²) in [5.41, 5.74) is 2.67. The molecule has 0 saturated carbocycles. The van der Waals surface area contributed by atoms with Crippen LogP contribution in [0.15, 0.2) is 41.3 Å². The van der Waals surface area contributed by atoms with E-state index in [-0.39, 0.29) is 12.3 Å². The lowest BCUT2D eigenvalue weighted by molar-refractivity contribution is -0.115. The van der Waals surface area contributed by atoms with Crippen molar-refractivity contribution in [1.82, 2.24) is 4.98 Å². The second kappa shape index (κ2) is 6.64. The van der Waals surface area contributed by atoms with Crippen molar-refractivity contribution < 1.29 is 9.21 Å². The maximum atomic E-state index is 11.9. The van der Waals surface area contributed by atoms with Gasteiger partial charge < -0.3 is 14.6 Å². The standard InChI is InChI=1S/C17H21N3O2/c1-13-6-8-20(9-7-13)16-4-2-14(3-5-16)19-17(21)10-15-11-22-12-18-15/h2-5,11-13H,6-10H2,1H3,(H,19,21). The van der Waals surface area contributed by atoms with Gasteiger partial charge in [-0.3, -0.25) is 4.79 Å². The summed E-state index contributed by atoms with van der Waals surface area (Å²) in [6.45, 7) is 4.53. The number of nitrogens with one attached hydrogen (secondary N) is 1. The molecule has 2 heterocycles. The zero-order chi connectivity index (χ0) is 15.4. The number of aromatic nitrogens is 1. The normalized spacial score (nSPS) is 15.8. The maximum absolute atomic E-state index is 11.9. The molecule has 1 aliphatic heterocycles. The van der Waals surface area contributed by atoms with Gasteiger partial charge in [-0.05, 0) is 43.0 Å². The number of amides is 1. The summed E-state index contributed by atoms with van der Waals surface area (Å²) in [6.07, 6.45) is 5.53. The fraction of sp³-hybridized carbons (Fsp3) is 0.412. The Morgan fingerprint density at radius 1 is 1.32 bits per heavy atom. The molecule has 1 amide bonds. The fourth-order valence-corrected chi connectivity index (χ4v) is 2.72. The topological polar surface area (TPSA) is 58.4 Å². The Morgan fingerprint density at radius 2 is 2.05 bits per heavy atom. The van der Waals surface area contributed by atoms with Gasteiger partial charge in [0, 0.05) is 24.5 Å². The van der Waals surface area contributed by atoms with Gasteiger partial charge in [-0.2, -0.15) is 0 Å². The Labute approximate surface area is 130 Å². The molecule has 1 fully saturated rings. The molecule has 0 radical (unpaired) electrons. The highest BCUT2D eigenvalue weighted by atomic mass is 16.3. The summed E-state index contributed by atoms with van der Waals surface area (Å²) >= 11 is 0. The summed E-state index contributed by atoms with van der Waals surface area (Å²) in [5, 5.41) is 2.88. The second-order valence-corrected chi connectivity index (χ2v) is 5.92. The van der Waals surface area contributed by atoms with Crippen molar-refractivity contribution in [3.05, 3.63) is 42.6 Å². The van der Waals surface area contributed by atoms with Gasteiger partial charge in [0.1, 0.15) is 6.26 Å². The van der Waals surface area contributed by atoms with Crippen molar-refractivity contribution in [3.63, 3.8) is 0 Å². The van der Waals surface area contributed by atoms with Crippen LogP contribution in [0, 0.1) is 5.92 Å². The van der Waals surface area contributed by atoms with E-state index in [1.54, 1.807) is 0 Å².